The Morgan fingerprint density at radius 1 is 1.31 bits per heavy atom. The summed E-state index contributed by atoms with van der Waals surface area (Å²) in [4.78, 5) is 0. The molecular weight excluding hydrogens is 198 g/mol. The van der Waals surface area contributed by atoms with Crippen LogP contribution >= 0.6 is 0 Å². The normalized spacial score (nSPS) is 15.2. The second-order valence-corrected chi connectivity index (χ2v) is 4.54. The molecule has 2 nitrogen and oxygen atoms in total. The molecular formula is C14H19NO. The fourth-order valence-corrected chi connectivity index (χ4v) is 2.01. The summed E-state index contributed by atoms with van der Waals surface area (Å²) in [5.41, 5.74) is 8.28. The molecule has 0 saturated heterocycles. The minimum absolute atomic E-state index is 0.0820. The van der Waals surface area contributed by atoms with Gasteiger partial charge in [-0.25, -0.2) is 0 Å². The highest BCUT2D eigenvalue weighted by molar-refractivity contribution is 5.81. The minimum atomic E-state index is 0.0820. The molecule has 2 aromatic rings. The van der Waals surface area contributed by atoms with Gasteiger partial charge >= 0.3 is 0 Å². The molecule has 2 heteroatoms. The predicted octanol–water partition coefficient (Wildman–Crippen LogP) is 3.87. The van der Waals surface area contributed by atoms with Crippen LogP contribution in [0.3, 0.4) is 0 Å². The molecule has 0 fully saturated rings. The van der Waals surface area contributed by atoms with Gasteiger partial charge in [0.05, 0.1) is 6.26 Å². The van der Waals surface area contributed by atoms with Crippen molar-refractivity contribution in [2.75, 3.05) is 0 Å². The van der Waals surface area contributed by atoms with Crippen LogP contribution < -0.4 is 5.73 Å². The zero-order valence-electron chi connectivity index (χ0n) is 9.94. The summed E-state index contributed by atoms with van der Waals surface area (Å²) in [6, 6.07) is 8.14. The van der Waals surface area contributed by atoms with E-state index in [-0.39, 0.29) is 6.04 Å². The van der Waals surface area contributed by atoms with E-state index in [0.717, 1.165) is 23.0 Å². The van der Waals surface area contributed by atoms with E-state index < -0.39 is 0 Å². The third-order valence-corrected chi connectivity index (χ3v) is 3.26. The highest BCUT2D eigenvalue weighted by atomic mass is 16.3. The van der Waals surface area contributed by atoms with Crippen LogP contribution in [-0.4, -0.2) is 0 Å². The Labute approximate surface area is 96.4 Å². The number of fused-ring (bicyclic) bond motifs is 1. The van der Waals surface area contributed by atoms with E-state index in [1.165, 1.54) is 6.42 Å². The second-order valence-electron chi connectivity index (χ2n) is 4.54. The summed E-state index contributed by atoms with van der Waals surface area (Å²) in [6.45, 7) is 4.44. The molecule has 0 radical (unpaired) electrons. The highest BCUT2D eigenvalue weighted by Crippen LogP contribution is 2.28. The van der Waals surface area contributed by atoms with E-state index in [1.807, 2.05) is 18.2 Å². The first kappa shape index (κ1) is 11.2. The number of hydrogen-bond acceptors (Lipinski definition) is 2. The van der Waals surface area contributed by atoms with Gasteiger partial charge in [-0.3, -0.25) is 0 Å². The zero-order chi connectivity index (χ0) is 11.5. The summed E-state index contributed by atoms with van der Waals surface area (Å²) in [5.74, 6) is 0.656. The van der Waals surface area contributed by atoms with Crippen molar-refractivity contribution in [2.45, 2.75) is 32.7 Å². The van der Waals surface area contributed by atoms with Gasteiger partial charge < -0.3 is 10.2 Å². The summed E-state index contributed by atoms with van der Waals surface area (Å²) in [5, 5.41) is 1.15. The molecule has 86 valence electrons. The monoisotopic (exact) mass is 217 g/mol. The number of furan rings is 1. The fourth-order valence-electron chi connectivity index (χ4n) is 2.01. The lowest BCUT2D eigenvalue weighted by Crippen LogP contribution is -2.13. The lowest BCUT2D eigenvalue weighted by molar-refractivity contribution is 0.459. The first-order valence-electron chi connectivity index (χ1n) is 5.94. The van der Waals surface area contributed by atoms with Crippen LogP contribution in [0.4, 0.5) is 0 Å². The van der Waals surface area contributed by atoms with Gasteiger partial charge in [0.1, 0.15) is 5.58 Å². The van der Waals surface area contributed by atoms with Crippen LogP contribution in [0.15, 0.2) is 34.9 Å². The average molecular weight is 217 g/mol. The van der Waals surface area contributed by atoms with Gasteiger partial charge in [-0.2, -0.15) is 0 Å². The molecule has 0 saturated carbocycles. The van der Waals surface area contributed by atoms with E-state index in [1.54, 1.807) is 6.26 Å². The largest absolute Gasteiger partial charge is 0.464 e. The average Bonchev–Trinajstić information content (AvgIpc) is 2.72. The molecule has 0 aliphatic rings. The zero-order valence-corrected chi connectivity index (χ0v) is 9.94. The number of benzene rings is 1. The first-order valence-corrected chi connectivity index (χ1v) is 5.94. The van der Waals surface area contributed by atoms with Gasteiger partial charge in [0.15, 0.2) is 0 Å². The number of nitrogens with two attached hydrogens (primary N) is 1. The molecule has 0 spiro atoms. The lowest BCUT2D eigenvalue weighted by Gasteiger charge is -2.14. The van der Waals surface area contributed by atoms with Crippen molar-refractivity contribution in [1.82, 2.24) is 0 Å². The fraction of sp³-hybridized carbons (Fsp3) is 0.429. The van der Waals surface area contributed by atoms with Crippen molar-refractivity contribution in [1.29, 1.82) is 0 Å². The maximum Gasteiger partial charge on any atom is 0.134 e. The molecule has 0 bridgehead atoms. The molecule has 0 amide bonds. The maximum atomic E-state index is 6.22. The van der Waals surface area contributed by atoms with Crippen molar-refractivity contribution in [3.05, 3.63) is 36.1 Å². The molecule has 2 N–H and O–H groups in total. The van der Waals surface area contributed by atoms with Gasteiger partial charge in [0.2, 0.25) is 0 Å². The van der Waals surface area contributed by atoms with Crippen molar-refractivity contribution in [3.8, 4) is 0 Å². The van der Waals surface area contributed by atoms with Gasteiger partial charge in [-0.15, -0.1) is 0 Å². The SMILES string of the molecule is CCC(C)CC(N)c1coc2ccccc12. The number of hydrogen-bond donors (Lipinski definition) is 1. The van der Waals surface area contributed by atoms with E-state index in [2.05, 4.69) is 19.9 Å². The molecule has 1 heterocycles. The van der Waals surface area contributed by atoms with Crippen molar-refractivity contribution in [3.63, 3.8) is 0 Å². The van der Waals surface area contributed by atoms with Gasteiger partial charge in [0, 0.05) is 17.0 Å². The number of rotatable bonds is 4. The molecule has 2 unspecified atom stereocenters. The van der Waals surface area contributed by atoms with Gasteiger partial charge in [0.25, 0.3) is 0 Å². The summed E-state index contributed by atoms with van der Waals surface area (Å²) < 4.78 is 5.51. The summed E-state index contributed by atoms with van der Waals surface area (Å²) >= 11 is 0. The Bertz CT molecular complexity index is 460. The Hall–Kier alpha value is -1.28. The number of para-hydroxylation sites is 1. The predicted molar refractivity (Wildman–Crippen MR) is 67.2 cm³/mol. The highest BCUT2D eigenvalue weighted by Gasteiger charge is 2.14. The third-order valence-electron chi connectivity index (χ3n) is 3.26. The Morgan fingerprint density at radius 2 is 2.06 bits per heavy atom. The Kier molecular flexibility index (Phi) is 3.30. The van der Waals surface area contributed by atoms with Gasteiger partial charge in [-0.05, 0) is 18.4 Å². The molecule has 1 aromatic carbocycles. The first-order chi connectivity index (χ1) is 7.72. The molecule has 1 aromatic heterocycles. The van der Waals surface area contributed by atoms with E-state index in [4.69, 9.17) is 10.2 Å². The topological polar surface area (TPSA) is 39.2 Å². The standard InChI is InChI=1S/C14H19NO/c1-3-10(2)8-13(15)12-9-16-14-7-5-4-6-11(12)14/h4-7,9-10,13H,3,8,15H2,1-2H3. The third kappa shape index (κ3) is 2.12. The molecule has 0 aliphatic heterocycles. The second kappa shape index (κ2) is 4.71. The Morgan fingerprint density at radius 3 is 2.81 bits per heavy atom. The van der Waals surface area contributed by atoms with E-state index >= 15 is 0 Å². The van der Waals surface area contributed by atoms with Crippen LogP contribution in [-0.2, 0) is 0 Å². The van der Waals surface area contributed by atoms with E-state index in [0.29, 0.717) is 5.92 Å². The quantitative estimate of drug-likeness (QED) is 0.844. The van der Waals surface area contributed by atoms with Gasteiger partial charge in [-0.1, -0.05) is 38.5 Å². The lowest BCUT2D eigenvalue weighted by atomic mass is 9.95. The van der Waals surface area contributed by atoms with Crippen molar-refractivity contribution in [2.24, 2.45) is 11.7 Å². The van der Waals surface area contributed by atoms with Crippen LogP contribution in [0.1, 0.15) is 38.3 Å². The van der Waals surface area contributed by atoms with Crippen LogP contribution in [0, 0.1) is 5.92 Å². The van der Waals surface area contributed by atoms with Crippen LogP contribution in [0.25, 0.3) is 11.0 Å². The smallest absolute Gasteiger partial charge is 0.134 e. The van der Waals surface area contributed by atoms with Crippen molar-refractivity contribution >= 4 is 11.0 Å². The minimum Gasteiger partial charge on any atom is -0.464 e. The molecule has 0 aliphatic carbocycles. The van der Waals surface area contributed by atoms with Crippen molar-refractivity contribution < 1.29 is 4.42 Å². The Balaban J connectivity index is 2.26. The maximum absolute atomic E-state index is 6.22. The van der Waals surface area contributed by atoms with Crippen LogP contribution in [0.5, 0.6) is 0 Å². The van der Waals surface area contributed by atoms with Crippen LogP contribution in [0.2, 0.25) is 0 Å². The summed E-state index contributed by atoms with van der Waals surface area (Å²) in [7, 11) is 0. The molecule has 16 heavy (non-hydrogen) atoms. The summed E-state index contributed by atoms with van der Waals surface area (Å²) in [6.07, 6.45) is 3.99. The molecule has 2 atom stereocenters. The van der Waals surface area contributed by atoms with E-state index in [9.17, 15) is 0 Å². The molecule has 2 rings (SSSR count).